The lowest BCUT2D eigenvalue weighted by atomic mass is 9.86. The minimum atomic E-state index is -4.64. The molecular weight excluding hydrogens is 266 g/mol. The minimum Gasteiger partial charge on any atom is -0.303 e. The molecule has 0 saturated heterocycles. The molecule has 0 aliphatic carbocycles. The fraction of sp³-hybridized carbons (Fsp3) is 0.500. The molecule has 0 unspecified atom stereocenters. The molecule has 1 aromatic rings. The Kier molecular flexibility index (Phi) is 6.81. The Hall–Kier alpha value is -0.138. The Morgan fingerprint density at radius 3 is 2.00 bits per heavy atom. The van der Waals surface area contributed by atoms with Crippen LogP contribution in [-0.2, 0) is 16.4 Å². The quantitative estimate of drug-likeness (QED) is 0.529. The van der Waals surface area contributed by atoms with Crippen molar-refractivity contribution in [1.29, 1.82) is 0 Å². The molecule has 0 aliphatic heterocycles. The van der Waals surface area contributed by atoms with E-state index < -0.39 is 7.82 Å². The van der Waals surface area contributed by atoms with Gasteiger partial charge in [0.05, 0.1) is 0 Å². The highest BCUT2D eigenvalue weighted by Gasteiger charge is 2.15. The van der Waals surface area contributed by atoms with Gasteiger partial charge in [0.15, 0.2) is 0 Å². The van der Waals surface area contributed by atoms with Crippen LogP contribution in [0.25, 0.3) is 0 Å². The summed E-state index contributed by atoms with van der Waals surface area (Å²) in [5.41, 5.74) is 3.31. The molecule has 0 heterocycles. The van der Waals surface area contributed by atoms with E-state index in [0.29, 0.717) is 5.41 Å². The number of hydrogen-bond donors (Lipinski definition) is 3. The first-order chi connectivity index (χ1) is 7.95. The summed E-state index contributed by atoms with van der Waals surface area (Å²) in [5.74, 6) is 0. The molecule has 6 heteroatoms. The molecule has 0 bridgehead atoms. The van der Waals surface area contributed by atoms with Crippen LogP contribution in [0.15, 0.2) is 18.2 Å². The summed E-state index contributed by atoms with van der Waals surface area (Å²) in [4.78, 5) is 21.6. The van der Waals surface area contributed by atoms with Crippen molar-refractivity contribution >= 4 is 28.5 Å². The second-order valence-corrected chi connectivity index (χ2v) is 7.37. The fourth-order valence-electron chi connectivity index (χ4n) is 1.70. The van der Waals surface area contributed by atoms with Crippen LogP contribution in [0.1, 0.15) is 38.8 Å². The molecule has 0 saturated carbocycles. The van der Waals surface area contributed by atoms with E-state index in [0.717, 1.165) is 22.7 Å². The molecule has 1 rings (SSSR count). The van der Waals surface area contributed by atoms with Crippen LogP contribution in [-0.4, -0.2) is 31.0 Å². The average molecular weight is 288 g/mol. The van der Waals surface area contributed by atoms with Gasteiger partial charge in [-0.3, -0.25) is 0 Å². The van der Waals surface area contributed by atoms with E-state index in [-0.39, 0.29) is 0 Å². The first-order valence-corrected chi connectivity index (χ1v) is 8.40. The molecule has 0 aliphatic rings. The summed E-state index contributed by atoms with van der Waals surface area (Å²) < 4.78 is 10.4. The lowest BCUT2D eigenvalue weighted by Gasteiger charge is -2.23. The van der Waals surface area contributed by atoms with Crippen LogP contribution in [0.5, 0.6) is 0 Å². The highest BCUT2D eigenvalue weighted by Crippen LogP contribution is 2.25. The van der Waals surface area contributed by atoms with Crippen molar-refractivity contribution in [2.75, 3.05) is 0 Å². The van der Waals surface area contributed by atoms with Gasteiger partial charge in [-0.1, -0.05) is 51.5 Å². The topological polar surface area (TPSA) is 77.8 Å². The maximum absolute atomic E-state index is 8.88. The van der Waals surface area contributed by atoms with Crippen LogP contribution in [0.3, 0.4) is 0 Å². The molecule has 0 fully saturated rings. The van der Waals surface area contributed by atoms with E-state index in [1.54, 1.807) is 9.99 Å². The predicted octanol–water partition coefficient (Wildman–Crippen LogP) is 0.876. The van der Waals surface area contributed by atoms with Gasteiger partial charge in [-0.15, -0.1) is 4.43 Å². The summed E-state index contributed by atoms with van der Waals surface area (Å²) in [5, 5.41) is 0. The third-order valence-corrected chi connectivity index (χ3v) is 3.39. The van der Waals surface area contributed by atoms with E-state index in [1.165, 1.54) is 5.56 Å². The van der Waals surface area contributed by atoms with Crippen molar-refractivity contribution in [3.8, 4) is 0 Å². The highest BCUT2D eigenvalue weighted by atomic mass is 31.2. The molecule has 0 radical (unpaired) electrons. The first-order valence-electron chi connectivity index (χ1n) is 5.83. The van der Waals surface area contributed by atoms with Gasteiger partial charge in [0.2, 0.25) is 0 Å². The number of phosphoric acid groups is 1. The zero-order chi connectivity index (χ0) is 14.6. The maximum atomic E-state index is 8.88. The smallest absolute Gasteiger partial charge is 0.303 e. The molecular formula is C12H22AlO4P. The Labute approximate surface area is 117 Å². The van der Waals surface area contributed by atoms with Crippen LogP contribution < -0.4 is 4.43 Å². The van der Waals surface area contributed by atoms with Gasteiger partial charge in [0.1, 0.15) is 0 Å². The minimum absolute atomic E-state index is 0.308. The number of rotatable bonds is 1. The van der Waals surface area contributed by atoms with E-state index in [2.05, 4.69) is 45.9 Å². The van der Waals surface area contributed by atoms with Crippen LogP contribution in [0, 0.1) is 0 Å². The Morgan fingerprint density at radius 2 is 1.67 bits per heavy atom. The van der Waals surface area contributed by atoms with E-state index in [4.69, 9.17) is 19.2 Å². The Bertz CT molecular complexity index is 426. The zero-order valence-corrected chi connectivity index (χ0v) is 14.5. The van der Waals surface area contributed by atoms with Crippen LogP contribution >= 0.6 is 7.82 Å². The van der Waals surface area contributed by atoms with Gasteiger partial charge in [0.25, 0.3) is 16.3 Å². The van der Waals surface area contributed by atoms with E-state index >= 15 is 0 Å². The Balaban J connectivity index is 0.000000494. The van der Waals surface area contributed by atoms with Gasteiger partial charge in [-0.05, 0) is 17.4 Å². The van der Waals surface area contributed by atoms with Crippen molar-refractivity contribution in [3.63, 3.8) is 0 Å². The van der Waals surface area contributed by atoms with Gasteiger partial charge in [0, 0.05) is 0 Å². The second-order valence-electron chi connectivity index (χ2n) is 5.27. The van der Waals surface area contributed by atoms with Crippen LogP contribution in [0.2, 0.25) is 0 Å². The fourth-order valence-corrected chi connectivity index (χ4v) is 2.76. The van der Waals surface area contributed by atoms with Crippen LogP contribution in [0.4, 0.5) is 0 Å². The SMILES string of the molecule is CCc1cc[c]([AlH2])c(C(C)(C)C)c1.O=P(O)(O)O. The molecule has 102 valence electrons. The van der Waals surface area contributed by atoms with Gasteiger partial charge in [-0.25, -0.2) is 4.57 Å². The molecule has 1 aromatic carbocycles. The lowest BCUT2D eigenvalue weighted by molar-refractivity contribution is 0.275. The normalized spacial score (nSPS) is 11.7. The molecule has 0 spiro atoms. The summed E-state index contributed by atoms with van der Waals surface area (Å²) in [6.07, 6.45) is 1.14. The third kappa shape index (κ3) is 8.05. The monoisotopic (exact) mass is 288 g/mol. The zero-order valence-electron chi connectivity index (χ0n) is 11.6. The standard InChI is InChI=1S/C12H17.Al.H3O4P.2H/c1-5-10-7-6-8-11(9-10)12(2,3)4;;1-5(2,3)4;;/h6-7,9H,5H2,1-4H3;;(H3,1,2,3,4);;. The van der Waals surface area contributed by atoms with Gasteiger partial charge in [-0.2, -0.15) is 0 Å². The van der Waals surface area contributed by atoms with Gasteiger partial charge < -0.3 is 14.7 Å². The third-order valence-electron chi connectivity index (χ3n) is 2.52. The van der Waals surface area contributed by atoms with E-state index in [9.17, 15) is 0 Å². The second kappa shape index (κ2) is 6.86. The summed E-state index contributed by atoms with van der Waals surface area (Å²) >= 11 is 1.16. The van der Waals surface area contributed by atoms with Crippen molar-refractivity contribution in [1.82, 2.24) is 0 Å². The van der Waals surface area contributed by atoms with Crippen molar-refractivity contribution < 1.29 is 19.2 Å². The molecule has 18 heavy (non-hydrogen) atoms. The summed E-state index contributed by atoms with van der Waals surface area (Å²) in [7, 11) is -4.64. The maximum Gasteiger partial charge on any atom is 0.466 e. The lowest BCUT2D eigenvalue weighted by Crippen LogP contribution is -2.23. The average Bonchev–Trinajstić information content (AvgIpc) is 2.14. The summed E-state index contributed by atoms with van der Waals surface area (Å²) in [6, 6.07) is 6.94. The molecule has 4 nitrogen and oxygen atoms in total. The van der Waals surface area contributed by atoms with E-state index in [1.807, 2.05) is 0 Å². The number of hydrogen-bond acceptors (Lipinski definition) is 1. The van der Waals surface area contributed by atoms with Crippen molar-refractivity contribution in [2.24, 2.45) is 0 Å². The summed E-state index contributed by atoms with van der Waals surface area (Å²) in [6.45, 7) is 9.10. The number of benzene rings is 1. The molecule has 0 aromatic heterocycles. The molecule has 0 amide bonds. The molecule has 3 N–H and O–H groups in total. The van der Waals surface area contributed by atoms with Gasteiger partial charge >= 0.3 is 7.82 Å². The van der Waals surface area contributed by atoms with Crippen molar-refractivity contribution in [2.45, 2.75) is 39.5 Å². The highest BCUT2D eigenvalue weighted by molar-refractivity contribution is 7.45. The molecule has 0 atom stereocenters. The number of aryl methyl sites for hydroxylation is 1. The largest absolute Gasteiger partial charge is 0.466 e. The Morgan fingerprint density at radius 1 is 1.22 bits per heavy atom. The first kappa shape index (κ1) is 17.9. The predicted molar refractivity (Wildman–Crippen MR) is 77.0 cm³/mol. The van der Waals surface area contributed by atoms with Crippen molar-refractivity contribution in [3.05, 3.63) is 29.3 Å².